The molecule has 0 saturated carbocycles. The predicted octanol–water partition coefficient (Wildman–Crippen LogP) is 3.06. The Labute approximate surface area is 162 Å². The number of amides is 1. The van der Waals surface area contributed by atoms with E-state index < -0.39 is 0 Å². The summed E-state index contributed by atoms with van der Waals surface area (Å²) in [5.74, 6) is 0.297. The van der Waals surface area contributed by atoms with E-state index in [4.69, 9.17) is 0 Å². The fourth-order valence-electron chi connectivity index (χ4n) is 4.37. The van der Waals surface area contributed by atoms with Gasteiger partial charge in [-0.25, -0.2) is 0 Å². The van der Waals surface area contributed by atoms with E-state index >= 15 is 0 Å². The van der Waals surface area contributed by atoms with Crippen molar-refractivity contribution in [3.8, 4) is 0 Å². The molecule has 27 heavy (non-hydrogen) atoms. The molecule has 2 saturated heterocycles. The van der Waals surface area contributed by atoms with Crippen LogP contribution in [0.25, 0.3) is 0 Å². The van der Waals surface area contributed by atoms with E-state index in [1.807, 2.05) is 0 Å². The third-order valence-corrected chi connectivity index (χ3v) is 5.83. The SMILES string of the molecule is O=C([C@@H]1CCCCN1)N1CCN(C(c2ccccc2)c2ccccc2)CC1. The maximum absolute atomic E-state index is 12.8. The molecule has 4 heteroatoms. The molecule has 0 unspecified atom stereocenters. The van der Waals surface area contributed by atoms with Crippen molar-refractivity contribution in [3.05, 3.63) is 71.8 Å². The number of hydrogen-bond acceptors (Lipinski definition) is 3. The summed E-state index contributed by atoms with van der Waals surface area (Å²) in [6, 6.07) is 21.7. The molecule has 4 nitrogen and oxygen atoms in total. The number of nitrogens with one attached hydrogen (secondary N) is 1. The lowest BCUT2D eigenvalue weighted by molar-refractivity contribution is -0.136. The zero-order valence-electron chi connectivity index (χ0n) is 15.9. The average molecular weight is 364 g/mol. The van der Waals surface area contributed by atoms with Gasteiger partial charge in [0.15, 0.2) is 0 Å². The molecule has 0 aromatic heterocycles. The van der Waals surface area contributed by atoms with Crippen LogP contribution in [0.4, 0.5) is 0 Å². The molecular weight excluding hydrogens is 334 g/mol. The van der Waals surface area contributed by atoms with Crippen molar-refractivity contribution in [2.75, 3.05) is 32.7 Å². The second kappa shape index (κ2) is 8.68. The Hall–Kier alpha value is -2.17. The van der Waals surface area contributed by atoms with Crippen molar-refractivity contribution >= 4 is 5.91 Å². The van der Waals surface area contributed by atoms with Crippen molar-refractivity contribution < 1.29 is 4.79 Å². The number of carbonyl (C=O) groups is 1. The molecule has 0 radical (unpaired) electrons. The molecule has 1 amide bonds. The number of rotatable bonds is 4. The average Bonchev–Trinajstić information content (AvgIpc) is 2.76. The van der Waals surface area contributed by atoms with Gasteiger partial charge in [-0.1, -0.05) is 67.1 Å². The van der Waals surface area contributed by atoms with Crippen LogP contribution < -0.4 is 5.32 Å². The van der Waals surface area contributed by atoms with Crippen LogP contribution >= 0.6 is 0 Å². The van der Waals surface area contributed by atoms with Gasteiger partial charge < -0.3 is 10.2 Å². The smallest absolute Gasteiger partial charge is 0.239 e. The maximum atomic E-state index is 12.8. The van der Waals surface area contributed by atoms with Gasteiger partial charge in [-0.15, -0.1) is 0 Å². The van der Waals surface area contributed by atoms with E-state index in [0.717, 1.165) is 45.6 Å². The summed E-state index contributed by atoms with van der Waals surface area (Å²) < 4.78 is 0. The van der Waals surface area contributed by atoms with Crippen LogP contribution in [0.2, 0.25) is 0 Å². The minimum Gasteiger partial charge on any atom is -0.339 e. The topological polar surface area (TPSA) is 35.6 Å². The molecule has 2 aliphatic heterocycles. The fraction of sp³-hybridized carbons (Fsp3) is 0.435. The Morgan fingerprint density at radius 3 is 1.96 bits per heavy atom. The molecule has 1 N–H and O–H groups in total. The molecule has 1 atom stereocenters. The predicted molar refractivity (Wildman–Crippen MR) is 109 cm³/mol. The Morgan fingerprint density at radius 1 is 0.852 bits per heavy atom. The maximum Gasteiger partial charge on any atom is 0.239 e. The minimum absolute atomic E-state index is 0.0318. The molecule has 142 valence electrons. The second-order valence-corrected chi connectivity index (χ2v) is 7.59. The van der Waals surface area contributed by atoms with Crippen molar-refractivity contribution in [2.45, 2.75) is 31.3 Å². The summed E-state index contributed by atoms with van der Waals surface area (Å²) in [4.78, 5) is 17.4. The Kier molecular flexibility index (Phi) is 5.85. The van der Waals surface area contributed by atoms with Crippen LogP contribution in [-0.2, 0) is 4.79 Å². The van der Waals surface area contributed by atoms with Gasteiger partial charge >= 0.3 is 0 Å². The third kappa shape index (κ3) is 4.23. The third-order valence-electron chi connectivity index (χ3n) is 5.83. The number of piperazine rings is 1. The highest BCUT2D eigenvalue weighted by Gasteiger charge is 2.31. The molecule has 0 spiro atoms. The van der Waals surface area contributed by atoms with Gasteiger partial charge in [0, 0.05) is 26.2 Å². The largest absolute Gasteiger partial charge is 0.339 e. The summed E-state index contributed by atoms with van der Waals surface area (Å²) in [6.45, 7) is 4.42. The first-order valence-electron chi connectivity index (χ1n) is 10.2. The van der Waals surface area contributed by atoms with E-state index in [-0.39, 0.29) is 12.1 Å². The van der Waals surface area contributed by atoms with Crippen LogP contribution in [0.5, 0.6) is 0 Å². The first-order chi connectivity index (χ1) is 13.3. The Bertz CT molecular complexity index is 680. The highest BCUT2D eigenvalue weighted by atomic mass is 16.2. The lowest BCUT2D eigenvalue weighted by Crippen LogP contribution is -2.55. The van der Waals surface area contributed by atoms with Crippen LogP contribution in [0.3, 0.4) is 0 Å². The molecule has 4 rings (SSSR count). The number of nitrogens with zero attached hydrogens (tertiary/aromatic N) is 2. The molecule has 2 aromatic rings. The second-order valence-electron chi connectivity index (χ2n) is 7.59. The summed E-state index contributed by atoms with van der Waals surface area (Å²) in [5.41, 5.74) is 2.63. The molecule has 2 aliphatic rings. The normalized spacial score (nSPS) is 21.4. The molecular formula is C23H29N3O. The summed E-state index contributed by atoms with van der Waals surface area (Å²) >= 11 is 0. The van der Waals surface area contributed by atoms with Gasteiger partial charge in [0.25, 0.3) is 0 Å². The summed E-state index contributed by atoms with van der Waals surface area (Å²) in [6.07, 6.45) is 3.33. The zero-order chi connectivity index (χ0) is 18.5. The van der Waals surface area contributed by atoms with E-state index in [1.54, 1.807) is 0 Å². The van der Waals surface area contributed by atoms with Gasteiger partial charge in [0.05, 0.1) is 12.1 Å². The van der Waals surface area contributed by atoms with E-state index in [0.29, 0.717) is 5.91 Å². The van der Waals surface area contributed by atoms with Crippen LogP contribution in [-0.4, -0.2) is 54.5 Å². The zero-order valence-corrected chi connectivity index (χ0v) is 15.9. The van der Waals surface area contributed by atoms with Crippen molar-refractivity contribution in [2.24, 2.45) is 0 Å². The number of hydrogen-bond donors (Lipinski definition) is 1. The van der Waals surface area contributed by atoms with E-state index in [9.17, 15) is 4.79 Å². The number of benzene rings is 2. The fourth-order valence-corrected chi connectivity index (χ4v) is 4.37. The lowest BCUT2D eigenvalue weighted by atomic mass is 9.96. The summed E-state index contributed by atoms with van der Waals surface area (Å²) in [7, 11) is 0. The van der Waals surface area contributed by atoms with Gasteiger partial charge in [-0.2, -0.15) is 0 Å². The number of piperidine rings is 1. The van der Waals surface area contributed by atoms with E-state index in [1.165, 1.54) is 17.5 Å². The minimum atomic E-state index is 0.0318. The van der Waals surface area contributed by atoms with Gasteiger partial charge in [-0.05, 0) is 30.5 Å². The van der Waals surface area contributed by atoms with Crippen molar-refractivity contribution in [1.29, 1.82) is 0 Å². The van der Waals surface area contributed by atoms with Crippen molar-refractivity contribution in [3.63, 3.8) is 0 Å². The highest BCUT2D eigenvalue weighted by molar-refractivity contribution is 5.82. The first-order valence-corrected chi connectivity index (χ1v) is 10.2. The van der Waals surface area contributed by atoms with Crippen LogP contribution in [0, 0.1) is 0 Å². The Morgan fingerprint density at radius 2 is 1.44 bits per heavy atom. The lowest BCUT2D eigenvalue weighted by Gasteiger charge is -2.41. The molecule has 0 bridgehead atoms. The van der Waals surface area contributed by atoms with E-state index in [2.05, 4.69) is 75.8 Å². The molecule has 2 heterocycles. The number of carbonyl (C=O) groups excluding carboxylic acids is 1. The van der Waals surface area contributed by atoms with Crippen LogP contribution in [0.1, 0.15) is 36.4 Å². The van der Waals surface area contributed by atoms with Gasteiger partial charge in [0.2, 0.25) is 5.91 Å². The monoisotopic (exact) mass is 363 g/mol. The Balaban J connectivity index is 1.46. The standard InChI is InChI=1S/C23H29N3O/c27-23(21-13-7-8-14-24-21)26-17-15-25(16-18-26)22(19-9-3-1-4-10-19)20-11-5-2-6-12-20/h1-6,9-12,21-22,24H,7-8,13-18H2/t21-/m0/s1. The highest BCUT2D eigenvalue weighted by Crippen LogP contribution is 2.29. The molecule has 0 aliphatic carbocycles. The van der Waals surface area contributed by atoms with Gasteiger partial charge in [-0.3, -0.25) is 9.69 Å². The van der Waals surface area contributed by atoms with Crippen LogP contribution in [0.15, 0.2) is 60.7 Å². The first kappa shape index (κ1) is 18.2. The van der Waals surface area contributed by atoms with Crippen molar-refractivity contribution in [1.82, 2.24) is 15.1 Å². The molecule has 2 fully saturated rings. The molecule has 2 aromatic carbocycles. The van der Waals surface area contributed by atoms with Gasteiger partial charge in [0.1, 0.15) is 0 Å². The quantitative estimate of drug-likeness (QED) is 0.907. The summed E-state index contributed by atoms with van der Waals surface area (Å²) in [5, 5.41) is 3.40.